The molecular weight excluding hydrogens is 262 g/mol. The van der Waals surface area contributed by atoms with E-state index in [1.165, 1.54) is 11.9 Å². The van der Waals surface area contributed by atoms with E-state index in [-0.39, 0.29) is 5.56 Å². The SMILES string of the molecule is CN(C(=O)c1cc(F)ccc1F)c1ccc(CN)cc1. The third-order valence-electron chi connectivity index (χ3n) is 3.02. The van der Waals surface area contributed by atoms with E-state index in [9.17, 15) is 13.6 Å². The van der Waals surface area contributed by atoms with Gasteiger partial charge < -0.3 is 10.6 Å². The first kappa shape index (κ1) is 14.1. The van der Waals surface area contributed by atoms with Crippen LogP contribution >= 0.6 is 0 Å². The molecule has 0 bridgehead atoms. The zero-order valence-corrected chi connectivity index (χ0v) is 10.9. The van der Waals surface area contributed by atoms with Crippen molar-refractivity contribution < 1.29 is 13.6 Å². The van der Waals surface area contributed by atoms with Crippen LogP contribution in [-0.2, 0) is 6.54 Å². The lowest BCUT2D eigenvalue weighted by Crippen LogP contribution is -2.27. The highest BCUT2D eigenvalue weighted by Crippen LogP contribution is 2.18. The smallest absolute Gasteiger partial charge is 0.261 e. The second kappa shape index (κ2) is 5.79. The molecule has 0 fully saturated rings. The number of nitrogens with zero attached hydrogens (tertiary/aromatic N) is 1. The highest BCUT2D eigenvalue weighted by atomic mass is 19.1. The molecule has 0 spiro atoms. The molecule has 2 aromatic carbocycles. The predicted molar refractivity (Wildman–Crippen MR) is 73.4 cm³/mol. The summed E-state index contributed by atoms with van der Waals surface area (Å²) in [6, 6.07) is 9.77. The van der Waals surface area contributed by atoms with Gasteiger partial charge in [0.25, 0.3) is 5.91 Å². The Hall–Kier alpha value is -2.27. The topological polar surface area (TPSA) is 46.3 Å². The Kier molecular flexibility index (Phi) is 4.10. The van der Waals surface area contributed by atoms with Gasteiger partial charge in [-0.3, -0.25) is 4.79 Å². The Morgan fingerprint density at radius 2 is 1.80 bits per heavy atom. The molecule has 0 heterocycles. The summed E-state index contributed by atoms with van der Waals surface area (Å²) in [6.07, 6.45) is 0. The van der Waals surface area contributed by atoms with Gasteiger partial charge in [-0.15, -0.1) is 0 Å². The Morgan fingerprint density at radius 1 is 1.15 bits per heavy atom. The molecule has 5 heteroatoms. The Labute approximate surface area is 115 Å². The average Bonchev–Trinajstić information content (AvgIpc) is 2.48. The number of hydrogen-bond donors (Lipinski definition) is 1. The van der Waals surface area contributed by atoms with Gasteiger partial charge in [-0.2, -0.15) is 0 Å². The van der Waals surface area contributed by atoms with E-state index in [4.69, 9.17) is 5.73 Å². The third-order valence-corrected chi connectivity index (χ3v) is 3.02. The van der Waals surface area contributed by atoms with Gasteiger partial charge >= 0.3 is 0 Å². The summed E-state index contributed by atoms with van der Waals surface area (Å²) in [4.78, 5) is 13.4. The molecule has 2 rings (SSSR count). The maximum Gasteiger partial charge on any atom is 0.261 e. The number of benzene rings is 2. The minimum atomic E-state index is -0.748. The van der Waals surface area contributed by atoms with Gasteiger partial charge in [0.15, 0.2) is 0 Å². The molecule has 2 N–H and O–H groups in total. The monoisotopic (exact) mass is 276 g/mol. The molecule has 20 heavy (non-hydrogen) atoms. The van der Waals surface area contributed by atoms with Crippen LogP contribution in [0.25, 0.3) is 0 Å². The first-order valence-corrected chi connectivity index (χ1v) is 6.05. The summed E-state index contributed by atoms with van der Waals surface area (Å²) in [5.41, 5.74) is 6.70. The minimum absolute atomic E-state index is 0.296. The van der Waals surface area contributed by atoms with Crippen LogP contribution in [0.2, 0.25) is 0 Å². The molecule has 0 aliphatic rings. The summed E-state index contributed by atoms with van der Waals surface area (Å²) in [6.45, 7) is 0.399. The quantitative estimate of drug-likeness (QED) is 0.937. The fourth-order valence-corrected chi connectivity index (χ4v) is 1.81. The van der Waals surface area contributed by atoms with Gasteiger partial charge in [-0.25, -0.2) is 8.78 Å². The molecule has 2 aromatic rings. The Balaban J connectivity index is 2.29. The fraction of sp³-hybridized carbons (Fsp3) is 0.133. The van der Waals surface area contributed by atoms with E-state index >= 15 is 0 Å². The van der Waals surface area contributed by atoms with E-state index in [0.29, 0.717) is 12.2 Å². The first-order chi connectivity index (χ1) is 9.52. The minimum Gasteiger partial charge on any atom is -0.326 e. The van der Waals surface area contributed by atoms with E-state index in [1.54, 1.807) is 24.3 Å². The number of anilines is 1. The van der Waals surface area contributed by atoms with Crippen molar-refractivity contribution in [2.45, 2.75) is 6.54 Å². The molecule has 0 atom stereocenters. The molecule has 0 unspecified atom stereocenters. The van der Waals surface area contributed by atoms with Gasteiger partial charge in [-0.1, -0.05) is 12.1 Å². The number of amides is 1. The Bertz CT molecular complexity index is 626. The van der Waals surface area contributed by atoms with Gasteiger partial charge in [0.2, 0.25) is 0 Å². The number of carbonyl (C=O) groups excluding carboxylic acids is 1. The molecule has 3 nitrogen and oxygen atoms in total. The summed E-state index contributed by atoms with van der Waals surface area (Å²) in [5, 5.41) is 0. The van der Waals surface area contributed by atoms with E-state index in [2.05, 4.69) is 0 Å². The van der Waals surface area contributed by atoms with Crippen LogP contribution in [0, 0.1) is 11.6 Å². The fourth-order valence-electron chi connectivity index (χ4n) is 1.81. The number of carbonyl (C=O) groups is 1. The van der Waals surface area contributed by atoms with Gasteiger partial charge in [0.1, 0.15) is 11.6 Å². The van der Waals surface area contributed by atoms with Crippen molar-refractivity contribution >= 4 is 11.6 Å². The zero-order chi connectivity index (χ0) is 14.7. The summed E-state index contributed by atoms with van der Waals surface area (Å²) in [5.74, 6) is -2.01. The van der Waals surface area contributed by atoms with E-state index in [1.807, 2.05) is 0 Å². The normalized spacial score (nSPS) is 10.4. The molecule has 0 radical (unpaired) electrons. The van der Waals surface area contributed by atoms with Crippen molar-refractivity contribution in [3.8, 4) is 0 Å². The lowest BCUT2D eigenvalue weighted by atomic mass is 10.1. The van der Waals surface area contributed by atoms with Crippen LogP contribution in [-0.4, -0.2) is 13.0 Å². The van der Waals surface area contributed by atoms with Crippen molar-refractivity contribution in [3.63, 3.8) is 0 Å². The van der Waals surface area contributed by atoms with Crippen molar-refractivity contribution in [1.82, 2.24) is 0 Å². The number of rotatable bonds is 3. The van der Waals surface area contributed by atoms with Crippen LogP contribution in [0.5, 0.6) is 0 Å². The number of nitrogens with two attached hydrogens (primary N) is 1. The summed E-state index contributed by atoms with van der Waals surface area (Å²) in [7, 11) is 1.50. The van der Waals surface area contributed by atoms with Crippen LogP contribution in [0.1, 0.15) is 15.9 Å². The lowest BCUT2D eigenvalue weighted by molar-refractivity contribution is 0.0988. The van der Waals surface area contributed by atoms with Crippen molar-refractivity contribution in [2.24, 2.45) is 5.73 Å². The second-order valence-corrected chi connectivity index (χ2v) is 4.36. The first-order valence-electron chi connectivity index (χ1n) is 6.05. The highest BCUT2D eigenvalue weighted by molar-refractivity contribution is 6.05. The number of halogens is 2. The summed E-state index contributed by atoms with van der Waals surface area (Å²) >= 11 is 0. The van der Waals surface area contributed by atoms with E-state index in [0.717, 1.165) is 23.8 Å². The largest absolute Gasteiger partial charge is 0.326 e. The van der Waals surface area contributed by atoms with Gasteiger partial charge in [0, 0.05) is 19.3 Å². The Morgan fingerprint density at radius 3 is 2.40 bits per heavy atom. The highest BCUT2D eigenvalue weighted by Gasteiger charge is 2.18. The number of hydrogen-bond acceptors (Lipinski definition) is 2. The van der Waals surface area contributed by atoms with Crippen molar-refractivity contribution in [2.75, 3.05) is 11.9 Å². The predicted octanol–water partition coefficient (Wildman–Crippen LogP) is 2.70. The van der Waals surface area contributed by atoms with Crippen molar-refractivity contribution in [3.05, 3.63) is 65.2 Å². The summed E-state index contributed by atoms with van der Waals surface area (Å²) < 4.78 is 26.7. The van der Waals surface area contributed by atoms with Crippen LogP contribution in [0.3, 0.4) is 0 Å². The molecular formula is C15H14F2N2O. The molecule has 0 aromatic heterocycles. The third kappa shape index (κ3) is 2.83. The molecule has 104 valence electrons. The maximum atomic E-state index is 13.6. The lowest BCUT2D eigenvalue weighted by Gasteiger charge is -2.18. The van der Waals surface area contributed by atoms with Gasteiger partial charge in [-0.05, 0) is 35.9 Å². The second-order valence-electron chi connectivity index (χ2n) is 4.36. The average molecular weight is 276 g/mol. The molecule has 0 aliphatic carbocycles. The zero-order valence-electron chi connectivity index (χ0n) is 10.9. The molecule has 0 aliphatic heterocycles. The van der Waals surface area contributed by atoms with E-state index < -0.39 is 17.5 Å². The van der Waals surface area contributed by atoms with Gasteiger partial charge in [0.05, 0.1) is 5.56 Å². The molecule has 1 amide bonds. The molecule has 0 saturated heterocycles. The standard InChI is InChI=1S/C15H14F2N2O/c1-19(12-5-2-10(9-18)3-6-12)15(20)13-8-11(16)4-7-14(13)17/h2-8H,9,18H2,1H3. The van der Waals surface area contributed by atoms with Crippen LogP contribution in [0.15, 0.2) is 42.5 Å². The maximum absolute atomic E-state index is 13.6. The van der Waals surface area contributed by atoms with Crippen LogP contribution in [0.4, 0.5) is 14.5 Å². The van der Waals surface area contributed by atoms with Crippen molar-refractivity contribution in [1.29, 1.82) is 0 Å². The molecule has 0 saturated carbocycles. The van der Waals surface area contributed by atoms with Crippen LogP contribution < -0.4 is 10.6 Å².